The first-order chi connectivity index (χ1) is 7.66. The van der Waals surface area contributed by atoms with Gasteiger partial charge < -0.3 is 15.3 Å². The number of fused-ring (bicyclic) bond motifs is 1. The van der Waals surface area contributed by atoms with Gasteiger partial charge in [0.15, 0.2) is 0 Å². The van der Waals surface area contributed by atoms with Gasteiger partial charge in [-0.15, -0.1) is 0 Å². The number of aliphatic carboxylic acids is 1. The minimum atomic E-state index is -0.798. The topological polar surface area (TPSA) is 52.6 Å². The molecule has 0 aliphatic carbocycles. The maximum absolute atomic E-state index is 10.8. The molecule has 0 spiro atoms. The van der Waals surface area contributed by atoms with Crippen LogP contribution < -0.4 is 10.2 Å². The molecule has 1 aromatic carbocycles. The molecule has 0 saturated carbocycles. The van der Waals surface area contributed by atoms with Gasteiger partial charge in [0, 0.05) is 17.6 Å². The molecule has 1 aliphatic heterocycles. The van der Waals surface area contributed by atoms with Gasteiger partial charge in [0.05, 0.1) is 11.4 Å². The Balaban J connectivity index is 2.34. The van der Waals surface area contributed by atoms with E-state index in [9.17, 15) is 4.79 Å². The molecule has 0 unspecified atom stereocenters. The van der Waals surface area contributed by atoms with Gasteiger partial charge in [-0.25, -0.2) is 0 Å². The van der Waals surface area contributed by atoms with Gasteiger partial charge in [-0.05, 0) is 24.6 Å². The molecule has 1 heterocycles. The Labute approximate surface area is 102 Å². The predicted octanol–water partition coefficient (Wildman–Crippen LogP) is 2.16. The van der Waals surface area contributed by atoms with Crippen molar-refractivity contribution in [2.75, 3.05) is 29.9 Å². The van der Waals surface area contributed by atoms with E-state index < -0.39 is 5.97 Å². The molecule has 0 amide bonds. The molecule has 16 heavy (non-hydrogen) atoms. The highest BCUT2D eigenvalue weighted by atomic mass is 79.9. The smallest absolute Gasteiger partial charge is 0.323 e. The molecule has 1 aromatic rings. The van der Waals surface area contributed by atoms with E-state index in [1.54, 1.807) is 0 Å². The molecule has 0 bridgehead atoms. The zero-order valence-corrected chi connectivity index (χ0v) is 10.3. The number of carboxylic acids is 1. The van der Waals surface area contributed by atoms with Crippen LogP contribution in [0, 0.1) is 0 Å². The molecule has 4 nitrogen and oxygen atoms in total. The number of rotatable bonds is 2. The number of nitrogens with one attached hydrogen (secondary N) is 1. The van der Waals surface area contributed by atoms with Crippen molar-refractivity contribution in [1.82, 2.24) is 0 Å². The van der Waals surface area contributed by atoms with Crippen molar-refractivity contribution in [3.8, 4) is 0 Å². The van der Waals surface area contributed by atoms with Gasteiger partial charge >= 0.3 is 5.97 Å². The van der Waals surface area contributed by atoms with Crippen LogP contribution in [0.3, 0.4) is 0 Å². The van der Waals surface area contributed by atoms with E-state index in [1.165, 1.54) is 0 Å². The first-order valence-electron chi connectivity index (χ1n) is 5.17. The molecule has 0 aromatic heterocycles. The Morgan fingerprint density at radius 2 is 2.38 bits per heavy atom. The van der Waals surface area contributed by atoms with Gasteiger partial charge in [-0.3, -0.25) is 4.79 Å². The maximum atomic E-state index is 10.8. The van der Waals surface area contributed by atoms with Gasteiger partial charge in [0.1, 0.15) is 6.54 Å². The first kappa shape index (κ1) is 11.3. The molecule has 5 heteroatoms. The SMILES string of the molecule is O=C(O)CN1CCCNc2ccc(Br)cc21. The lowest BCUT2D eigenvalue weighted by Crippen LogP contribution is -2.30. The largest absolute Gasteiger partial charge is 0.480 e. The van der Waals surface area contributed by atoms with Crippen molar-refractivity contribution in [1.29, 1.82) is 0 Å². The Morgan fingerprint density at radius 3 is 3.12 bits per heavy atom. The van der Waals surface area contributed by atoms with E-state index >= 15 is 0 Å². The summed E-state index contributed by atoms with van der Waals surface area (Å²) in [5, 5.41) is 12.2. The minimum absolute atomic E-state index is 0.0468. The molecule has 0 atom stereocenters. The van der Waals surface area contributed by atoms with Gasteiger partial charge in [0.2, 0.25) is 0 Å². The van der Waals surface area contributed by atoms with E-state index in [1.807, 2.05) is 23.1 Å². The fraction of sp³-hybridized carbons (Fsp3) is 0.364. The average Bonchev–Trinajstić information content (AvgIpc) is 2.41. The molecule has 2 rings (SSSR count). The van der Waals surface area contributed by atoms with Crippen LogP contribution in [0.5, 0.6) is 0 Å². The zero-order chi connectivity index (χ0) is 11.5. The standard InChI is InChI=1S/C11H13BrN2O2/c12-8-2-3-9-10(6-8)14(7-11(15)16)5-1-4-13-9/h2-3,6,13H,1,4-5,7H2,(H,15,16). The number of anilines is 2. The van der Waals surface area contributed by atoms with Crippen molar-refractivity contribution in [3.63, 3.8) is 0 Å². The van der Waals surface area contributed by atoms with E-state index in [2.05, 4.69) is 21.2 Å². The second-order valence-electron chi connectivity index (χ2n) is 3.76. The highest BCUT2D eigenvalue weighted by Crippen LogP contribution is 2.31. The van der Waals surface area contributed by atoms with E-state index in [0.717, 1.165) is 35.4 Å². The molecule has 0 fully saturated rings. The van der Waals surface area contributed by atoms with Crippen LogP contribution in [-0.4, -0.2) is 30.7 Å². The van der Waals surface area contributed by atoms with Crippen LogP contribution in [0.2, 0.25) is 0 Å². The molecule has 0 radical (unpaired) electrons. The summed E-state index contributed by atoms with van der Waals surface area (Å²) in [6.45, 7) is 1.69. The number of carbonyl (C=O) groups is 1. The Hall–Kier alpha value is -1.23. The lowest BCUT2D eigenvalue weighted by atomic mass is 10.2. The summed E-state index contributed by atoms with van der Waals surface area (Å²) < 4.78 is 0.963. The molecule has 2 N–H and O–H groups in total. The molecule has 1 aliphatic rings. The third-order valence-corrected chi connectivity index (χ3v) is 3.04. The van der Waals surface area contributed by atoms with Crippen LogP contribution in [-0.2, 0) is 4.79 Å². The van der Waals surface area contributed by atoms with E-state index in [4.69, 9.17) is 5.11 Å². The normalized spacial score (nSPS) is 14.9. The number of halogens is 1. The summed E-state index contributed by atoms with van der Waals surface area (Å²) >= 11 is 3.41. The average molecular weight is 285 g/mol. The number of nitrogens with zero attached hydrogens (tertiary/aromatic N) is 1. The highest BCUT2D eigenvalue weighted by molar-refractivity contribution is 9.10. The summed E-state index contributed by atoms with van der Waals surface area (Å²) in [6.07, 6.45) is 0.944. The Bertz CT molecular complexity index is 409. The summed E-state index contributed by atoms with van der Waals surface area (Å²) in [5.41, 5.74) is 1.95. The van der Waals surface area contributed by atoms with Crippen molar-refractivity contribution in [2.45, 2.75) is 6.42 Å². The van der Waals surface area contributed by atoms with Crippen molar-refractivity contribution >= 4 is 33.3 Å². The monoisotopic (exact) mass is 284 g/mol. The first-order valence-corrected chi connectivity index (χ1v) is 5.96. The third kappa shape index (κ3) is 2.47. The second kappa shape index (κ2) is 4.74. The number of hydrogen-bond acceptors (Lipinski definition) is 3. The molecular formula is C11H13BrN2O2. The fourth-order valence-corrected chi connectivity index (χ4v) is 2.21. The van der Waals surface area contributed by atoms with Crippen LogP contribution >= 0.6 is 15.9 Å². The molecular weight excluding hydrogens is 272 g/mol. The van der Waals surface area contributed by atoms with Gasteiger partial charge in [-0.2, -0.15) is 0 Å². The number of carboxylic acid groups (broad SMARTS) is 1. The predicted molar refractivity (Wildman–Crippen MR) is 67.1 cm³/mol. The number of benzene rings is 1. The lowest BCUT2D eigenvalue weighted by molar-refractivity contribution is -0.135. The summed E-state index contributed by atoms with van der Waals surface area (Å²) in [7, 11) is 0. The number of hydrogen-bond donors (Lipinski definition) is 2. The summed E-state index contributed by atoms with van der Waals surface area (Å²) in [6, 6.07) is 5.88. The van der Waals surface area contributed by atoms with E-state index in [0.29, 0.717) is 0 Å². The maximum Gasteiger partial charge on any atom is 0.323 e. The van der Waals surface area contributed by atoms with Crippen LogP contribution in [0.25, 0.3) is 0 Å². The molecule has 86 valence electrons. The third-order valence-electron chi connectivity index (χ3n) is 2.55. The Kier molecular flexibility index (Phi) is 3.33. The highest BCUT2D eigenvalue weighted by Gasteiger charge is 2.17. The second-order valence-corrected chi connectivity index (χ2v) is 4.67. The van der Waals surface area contributed by atoms with Crippen molar-refractivity contribution in [3.05, 3.63) is 22.7 Å². The summed E-state index contributed by atoms with van der Waals surface area (Å²) in [5.74, 6) is -0.798. The Morgan fingerprint density at radius 1 is 1.56 bits per heavy atom. The molecule has 0 saturated heterocycles. The lowest BCUT2D eigenvalue weighted by Gasteiger charge is -2.22. The van der Waals surface area contributed by atoms with Crippen molar-refractivity contribution in [2.24, 2.45) is 0 Å². The van der Waals surface area contributed by atoms with Gasteiger partial charge in [0.25, 0.3) is 0 Å². The van der Waals surface area contributed by atoms with E-state index in [-0.39, 0.29) is 6.54 Å². The van der Waals surface area contributed by atoms with Crippen LogP contribution in [0.4, 0.5) is 11.4 Å². The fourth-order valence-electron chi connectivity index (χ4n) is 1.86. The van der Waals surface area contributed by atoms with Crippen LogP contribution in [0.15, 0.2) is 22.7 Å². The van der Waals surface area contributed by atoms with Crippen LogP contribution in [0.1, 0.15) is 6.42 Å². The quantitative estimate of drug-likeness (QED) is 0.874. The zero-order valence-electron chi connectivity index (χ0n) is 8.74. The van der Waals surface area contributed by atoms with Gasteiger partial charge in [-0.1, -0.05) is 15.9 Å². The van der Waals surface area contributed by atoms with Crippen molar-refractivity contribution < 1.29 is 9.90 Å². The minimum Gasteiger partial charge on any atom is -0.480 e. The summed E-state index contributed by atoms with van der Waals surface area (Å²) in [4.78, 5) is 12.7.